The molecule has 0 aliphatic carbocycles. The van der Waals surface area contributed by atoms with Gasteiger partial charge in [-0.2, -0.15) is 11.8 Å². The molecule has 2 aromatic heterocycles. The largest absolute Gasteiger partial charge is 0.491 e. The maximum atomic E-state index is 12.4. The number of hydrogen-bond acceptors (Lipinski definition) is 12. The molecule has 232 valence electrons. The quantitative estimate of drug-likeness (QED) is 0.123. The number of carboxylic acids is 1. The average molecular weight is 655 g/mol. The number of thioether (sulfide) groups is 1. The van der Waals surface area contributed by atoms with Gasteiger partial charge in [-0.25, -0.2) is 27.6 Å². The highest BCUT2D eigenvalue weighted by molar-refractivity contribution is 7.98. The van der Waals surface area contributed by atoms with E-state index in [1.54, 1.807) is 47.3 Å². The van der Waals surface area contributed by atoms with E-state index in [9.17, 15) is 27.8 Å². The lowest BCUT2D eigenvalue weighted by Crippen LogP contribution is -2.42. The molecule has 0 fully saturated rings. The lowest BCUT2D eigenvalue weighted by molar-refractivity contribution is -0.138. The minimum atomic E-state index is -3.90. The molecule has 17 heteroatoms. The number of rotatable bonds is 18. The number of alkyl halides is 1. The van der Waals surface area contributed by atoms with Gasteiger partial charge in [0.05, 0.1) is 22.5 Å². The average Bonchev–Trinajstić information content (AvgIpc) is 3.63. The van der Waals surface area contributed by atoms with E-state index in [2.05, 4.69) is 20.6 Å². The van der Waals surface area contributed by atoms with Crippen LogP contribution in [0.25, 0.3) is 10.2 Å². The van der Waals surface area contributed by atoms with Crippen LogP contribution < -0.4 is 19.9 Å². The van der Waals surface area contributed by atoms with Crippen molar-refractivity contribution >= 4 is 49.3 Å². The number of benzene rings is 2. The number of nitrogens with one attached hydrogen (secondary N) is 1. The molecule has 2 aromatic carbocycles. The number of carbonyl (C=O) groups is 1. The van der Waals surface area contributed by atoms with Gasteiger partial charge in [0.2, 0.25) is 4.34 Å². The lowest BCUT2D eigenvalue weighted by atomic mass is 10.2. The summed E-state index contributed by atoms with van der Waals surface area (Å²) in [6.07, 6.45) is 1.98. The molecule has 0 saturated heterocycles. The van der Waals surface area contributed by atoms with Gasteiger partial charge in [-0.15, -0.1) is 16.4 Å². The van der Waals surface area contributed by atoms with Crippen molar-refractivity contribution in [1.82, 2.24) is 25.3 Å². The van der Waals surface area contributed by atoms with E-state index in [1.165, 1.54) is 11.8 Å². The molecule has 43 heavy (non-hydrogen) atoms. The van der Waals surface area contributed by atoms with Crippen molar-refractivity contribution in [1.29, 1.82) is 0 Å². The van der Waals surface area contributed by atoms with Gasteiger partial charge >= 0.3 is 5.97 Å². The van der Waals surface area contributed by atoms with E-state index in [-0.39, 0.29) is 42.5 Å². The number of aromatic nitrogens is 4. The molecule has 4 rings (SSSR count). The highest BCUT2D eigenvalue weighted by Gasteiger charge is 2.21. The fourth-order valence-corrected chi connectivity index (χ4v) is 6.67. The third-order valence-electron chi connectivity index (χ3n) is 6.06. The third-order valence-corrected chi connectivity index (χ3v) is 9.50. The molecule has 1 unspecified atom stereocenters. The van der Waals surface area contributed by atoms with Gasteiger partial charge in [-0.05, 0) is 42.3 Å². The fourth-order valence-electron chi connectivity index (χ4n) is 3.96. The zero-order valence-corrected chi connectivity index (χ0v) is 25.3. The number of halogens is 1. The number of fused-ring (bicyclic) bond motifs is 1. The van der Waals surface area contributed by atoms with Gasteiger partial charge in [0.15, 0.2) is 0 Å². The maximum absolute atomic E-state index is 12.4. The number of sulfonamides is 1. The van der Waals surface area contributed by atoms with Crippen LogP contribution in [0.4, 0.5) is 4.39 Å². The molecule has 13 nitrogen and oxygen atoms in total. The van der Waals surface area contributed by atoms with Crippen LogP contribution in [0, 0.1) is 0 Å². The number of aliphatic hydroxyl groups excluding tert-OH is 1. The smallest absolute Gasteiger partial charge is 0.321 e. The van der Waals surface area contributed by atoms with Crippen LogP contribution in [0.1, 0.15) is 23.7 Å². The Morgan fingerprint density at radius 1 is 1.21 bits per heavy atom. The number of ether oxygens (including phenoxy) is 2. The highest BCUT2D eigenvalue weighted by Crippen LogP contribution is 2.28. The molecule has 5 N–H and O–H groups in total. The van der Waals surface area contributed by atoms with Gasteiger partial charge in [-0.1, -0.05) is 17.3 Å². The van der Waals surface area contributed by atoms with Crippen molar-refractivity contribution in [2.75, 3.05) is 32.2 Å². The molecular weight excluding hydrogens is 624 g/mol. The number of aliphatic hydroxyl groups is 1. The van der Waals surface area contributed by atoms with Crippen molar-refractivity contribution < 1.29 is 37.3 Å². The Balaban J connectivity index is 1.30. The van der Waals surface area contributed by atoms with E-state index in [1.807, 2.05) is 6.07 Å². The van der Waals surface area contributed by atoms with Crippen molar-refractivity contribution in [3.05, 3.63) is 59.9 Å². The van der Waals surface area contributed by atoms with Gasteiger partial charge in [0.25, 0.3) is 10.0 Å². The summed E-state index contributed by atoms with van der Waals surface area (Å²) >= 11 is 2.38. The van der Waals surface area contributed by atoms with Crippen molar-refractivity contribution in [3.63, 3.8) is 0 Å². The minimum absolute atomic E-state index is 0.0210. The number of primary sulfonamides is 1. The van der Waals surface area contributed by atoms with E-state index < -0.39 is 28.7 Å². The monoisotopic (exact) mass is 654 g/mol. The van der Waals surface area contributed by atoms with Gasteiger partial charge < -0.3 is 25.0 Å². The van der Waals surface area contributed by atoms with Crippen LogP contribution in [-0.4, -0.2) is 82.8 Å². The Bertz CT molecular complexity index is 1620. The molecule has 2 atom stereocenters. The number of nitrogens with zero attached hydrogens (tertiary/aromatic N) is 4. The van der Waals surface area contributed by atoms with Crippen LogP contribution in [0.5, 0.6) is 11.5 Å². The summed E-state index contributed by atoms with van der Waals surface area (Å²) < 4.78 is 48.6. The number of aliphatic carboxylic acids is 1. The van der Waals surface area contributed by atoms with Crippen LogP contribution in [0.15, 0.2) is 53.0 Å². The van der Waals surface area contributed by atoms with Crippen LogP contribution in [0.2, 0.25) is 0 Å². The molecule has 0 bridgehead atoms. The summed E-state index contributed by atoms with van der Waals surface area (Å²) in [5.74, 6) is 0.870. The second kappa shape index (κ2) is 15.4. The van der Waals surface area contributed by atoms with E-state index in [4.69, 9.17) is 14.6 Å². The molecule has 4 aromatic rings. The third kappa shape index (κ3) is 9.57. The Kier molecular flexibility index (Phi) is 11.7. The van der Waals surface area contributed by atoms with E-state index >= 15 is 0 Å². The zero-order valence-electron chi connectivity index (χ0n) is 22.8. The SMILES string of the molecule is NS(=O)(=O)c1nc2ccc(OCc3cn([C@H](CCO)CNC(CSCc4cccc(OCCF)c4)C(=O)O)nn3)cc2s1. The summed E-state index contributed by atoms with van der Waals surface area (Å²) in [6, 6.07) is 11.0. The Hall–Kier alpha value is -3.35. The van der Waals surface area contributed by atoms with Gasteiger partial charge in [0.1, 0.15) is 43.1 Å². The zero-order chi connectivity index (χ0) is 30.8. The molecule has 0 amide bonds. The van der Waals surface area contributed by atoms with Crippen LogP contribution >= 0.6 is 23.1 Å². The molecule has 2 heterocycles. The van der Waals surface area contributed by atoms with Crippen molar-refractivity contribution in [3.8, 4) is 11.5 Å². The summed E-state index contributed by atoms with van der Waals surface area (Å²) in [7, 11) is -3.90. The normalized spacial score (nSPS) is 13.2. The predicted octanol–water partition coefficient (Wildman–Crippen LogP) is 2.36. The Morgan fingerprint density at radius 2 is 2.02 bits per heavy atom. The first-order valence-corrected chi connectivity index (χ1v) is 16.6. The summed E-state index contributed by atoms with van der Waals surface area (Å²) in [4.78, 5) is 15.9. The maximum Gasteiger partial charge on any atom is 0.321 e. The standard InChI is InChI=1S/C26H31FN6O7S3/c27-7-9-39-20-3-1-2-17(10-20)15-41-16-23(25(35)36)29-12-19(6-8-34)33-13-18(31-32-33)14-40-21-4-5-22-24(11-21)42-26(30-22)43(28,37)38/h1-5,10-11,13,19,23,29,34H,6-9,12,14-16H2,(H,35,36)(H2,28,37,38)/t19-,23?/m1/s1. The van der Waals surface area contributed by atoms with Crippen molar-refractivity contribution in [2.24, 2.45) is 5.14 Å². The second-order valence-corrected chi connectivity index (χ2v) is 13.1. The number of hydrogen-bond donors (Lipinski definition) is 4. The van der Waals surface area contributed by atoms with E-state index in [0.29, 0.717) is 39.6 Å². The van der Waals surface area contributed by atoms with Gasteiger partial charge in [-0.3, -0.25) is 4.79 Å². The Labute approximate surface area is 255 Å². The minimum Gasteiger partial charge on any atom is -0.491 e. The van der Waals surface area contributed by atoms with Gasteiger partial charge in [0, 0.05) is 24.7 Å². The first-order chi connectivity index (χ1) is 20.7. The summed E-state index contributed by atoms with van der Waals surface area (Å²) in [6.45, 7) is -0.444. The number of thiazole rings is 1. The molecule has 0 aliphatic heterocycles. The predicted molar refractivity (Wildman–Crippen MR) is 160 cm³/mol. The summed E-state index contributed by atoms with van der Waals surface area (Å²) in [5.41, 5.74) is 1.92. The van der Waals surface area contributed by atoms with Crippen molar-refractivity contribution in [2.45, 2.75) is 35.2 Å². The fraction of sp³-hybridized carbons (Fsp3) is 0.385. The van der Waals surface area contributed by atoms with Crippen LogP contribution in [-0.2, 0) is 27.2 Å². The first kappa shape index (κ1) is 32.6. The van der Waals surface area contributed by atoms with Crippen LogP contribution in [0.3, 0.4) is 0 Å². The molecule has 0 saturated carbocycles. The highest BCUT2D eigenvalue weighted by atomic mass is 32.2. The Morgan fingerprint density at radius 3 is 2.77 bits per heavy atom. The number of nitrogens with two attached hydrogens (primary N) is 1. The second-order valence-electron chi connectivity index (χ2n) is 9.30. The molecule has 0 spiro atoms. The lowest BCUT2D eigenvalue weighted by Gasteiger charge is -2.20. The molecule has 0 radical (unpaired) electrons. The number of carboxylic acid groups (broad SMARTS) is 1. The molecule has 0 aliphatic rings. The van der Waals surface area contributed by atoms with E-state index in [0.717, 1.165) is 16.9 Å². The first-order valence-electron chi connectivity index (χ1n) is 13.1. The summed E-state index contributed by atoms with van der Waals surface area (Å²) in [5, 5.41) is 35.8. The molecular formula is C26H31FN6O7S3. The topological polar surface area (TPSA) is 192 Å².